The van der Waals surface area contributed by atoms with Gasteiger partial charge in [0, 0.05) is 17.5 Å². The molecule has 1 aliphatic rings. The van der Waals surface area contributed by atoms with Gasteiger partial charge in [0.25, 0.3) is 0 Å². The van der Waals surface area contributed by atoms with Crippen molar-refractivity contribution in [1.82, 2.24) is 0 Å². The van der Waals surface area contributed by atoms with Gasteiger partial charge < -0.3 is 29.2 Å². The highest BCUT2D eigenvalue weighted by molar-refractivity contribution is 6.02. The number of Topliss-reactive ketones (excluding diaryl/α,β-unsaturated/α-hetero) is 1. The van der Waals surface area contributed by atoms with Crippen molar-refractivity contribution < 1.29 is 38.7 Å². The van der Waals surface area contributed by atoms with E-state index >= 15 is 0 Å². The third-order valence-corrected chi connectivity index (χ3v) is 5.29. The van der Waals surface area contributed by atoms with E-state index in [4.69, 9.17) is 18.9 Å². The number of esters is 1. The van der Waals surface area contributed by atoms with E-state index in [1.807, 2.05) is 6.07 Å². The summed E-state index contributed by atoms with van der Waals surface area (Å²) < 4.78 is 21.8. The van der Waals surface area contributed by atoms with Crippen LogP contribution in [0.2, 0.25) is 0 Å². The first-order valence-corrected chi connectivity index (χ1v) is 10.4. The Morgan fingerprint density at radius 2 is 1.78 bits per heavy atom. The van der Waals surface area contributed by atoms with Crippen molar-refractivity contribution in [3.8, 4) is 28.4 Å². The number of aliphatic hydroxyl groups excluding tert-OH is 1. The number of methoxy groups -OCH3 is 1. The van der Waals surface area contributed by atoms with Crippen molar-refractivity contribution in [2.45, 2.75) is 40.1 Å². The average molecular weight is 444 g/mol. The normalized spacial score (nSPS) is 13.2. The molecule has 0 saturated heterocycles. The van der Waals surface area contributed by atoms with Crippen molar-refractivity contribution in [2.75, 3.05) is 20.3 Å². The monoisotopic (exact) mass is 444 g/mol. The SMILES string of the molecule is CCOC(=O)C(C)(C)COc1c(-c2cccc3c2CCC3=O)ccc(OC)c1OC(O)O. The first-order chi connectivity index (χ1) is 15.2. The van der Waals surface area contributed by atoms with Crippen LogP contribution in [0.5, 0.6) is 17.2 Å². The lowest BCUT2D eigenvalue weighted by atomic mass is 9.94. The molecule has 1 aliphatic carbocycles. The molecule has 0 unspecified atom stereocenters. The molecule has 0 amide bonds. The number of ether oxygens (including phenoxy) is 4. The smallest absolute Gasteiger partial charge is 0.314 e. The molecule has 0 aliphatic heterocycles. The summed E-state index contributed by atoms with van der Waals surface area (Å²) >= 11 is 0. The fraction of sp³-hybridized carbons (Fsp3) is 0.417. The molecular weight excluding hydrogens is 416 g/mol. The highest BCUT2D eigenvalue weighted by Gasteiger charge is 2.33. The van der Waals surface area contributed by atoms with E-state index in [0.717, 1.165) is 11.1 Å². The summed E-state index contributed by atoms with van der Waals surface area (Å²) in [4.78, 5) is 24.6. The first-order valence-electron chi connectivity index (χ1n) is 10.4. The molecule has 2 aromatic carbocycles. The van der Waals surface area contributed by atoms with Crippen LogP contribution in [0, 0.1) is 5.41 Å². The second kappa shape index (κ2) is 9.58. The van der Waals surface area contributed by atoms with Crippen LogP contribution >= 0.6 is 0 Å². The topological polar surface area (TPSA) is 112 Å². The first kappa shape index (κ1) is 23.6. The van der Waals surface area contributed by atoms with E-state index < -0.39 is 17.9 Å². The van der Waals surface area contributed by atoms with Crippen molar-refractivity contribution in [2.24, 2.45) is 5.41 Å². The number of ketones is 1. The number of carbonyl (C=O) groups is 2. The average Bonchev–Trinajstić information content (AvgIpc) is 3.13. The van der Waals surface area contributed by atoms with Crippen LogP contribution in [-0.2, 0) is 16.0 Å². The van der Waals surface area contributed by atoms with Gasteiger partial charge in [-0.2, -0.15) is 0 Å². The van der Waals surface area contributed by atoms with Gasteiger partial charge >= 0.3 is 12.4 Å². The number of carbonyl (C=O) groups excluding carboxylic acids is 2. The Labute approximate surface area is 186 Å². The van der Waals surface area contributed by atoms with Gasteiger partial charge in [-0.1, -0.05) is 18.2 Å². The third kappa shape index (κ3) is 4.71. The van der Waals surface area contributed by atoms with E-state index in [-0.39, 0.29) is 36.2 Å². The summed E-state index contributed by atoms with van der Waals surface area (Å²) in [5, 5.41) is 19.0. The summed E-state index contributed by atoms with van der Waals surface area (Å²) in [5.74, 6) is 0.00226. The minimum atomic E-state index is -2.12. The Morgan fingerprint density at radius 3 is 2.44 bits per heavy atom. The highest BCUT2D eigenvalue weighted by Crippen LogP contribution is 2.47. The summed E-state index contributed by atoms with van der Waals surface area (Å²) in [7, 11) is 1.41. The standard InChI is InChI=1S/C24H28O8/c1-5-30-22(26)24(2,3)13-31-20-17(10-12-19(29-4)21(20)32-23(27)28)14-7-6-8-16-15(14)9-11-18(16)25/h6-8,10,12,23,27-28H,5,9,11,13H2,1-4H3. The minimum absolute atomic E-state index is 0.0263. The van der Waals surface area contributed by atoms with Gasteiger partial charge in [0.05, 0.1) is 19.1 Å². The van der Waals surface area contributed by atoms with Gasteiger partial charge in [-0.25, -0.2) is 0 Å². The highest BCUT2D eigenvalue weighted by atomic mass is 16.7. The molecular formula is C24H28O8. The number of fused-ring (bicyclic) bond motifs is 1. The summed E-state index contributed by atoms with van der Waals surface area (Å²) in [6, 6.07) is 8.81. The Hall–Kier alpha value is -3.10. The van der Waals surface area contributed by atoms with E-state index in [0.29, 0.717) is 24.0 Å². The molecule has 0 aromatic heterocycles. The molecule has 3 rings (SSSR count). The van der Waals surface area contributed by atoms with Crippen LogP contribution in [0.3, 0.4) is 0 Å². The van der Waals surface area contributed by atoms with Crippen molar-refractivity contribution in [3.05, 3.63) is 41.5 Å². The molecule has 0 atom stereocenters. The molecule has 0 fully saturated rings. The molecule has 172 valence electrons. The second-order valence-corrected chi connectivity index (χ2v) is 8.07. The van der Waals surface area contributed by atoms with E-state index in [2.05, 4.69) is 0 Å². The summed E-state index contributed by atoms with van der Waals surface area (Å²) in [6.07, 6.45) is 1.01. The van der Waals surface area contributed by atoms with Gasteiger partial charge in [0.2, 0.25) is 5.75 Å². The van der Waals surface area contributed by atoms with E-state index in [1.54, 1.807) is 45.0 Å². The Morgan fingerprint density at radius 1 is 1.06 bits per heavy atom. The number of hydrogen-bond donors (Lipinski definition) is 2. The quantitative estimate of drug-likeness (QED) is 0.448. The lowest BCUT2D eigenvalue weighted by molar-refractivity contribution is -0.181. The maximum atomic E-state index is 12.3. The van der Waals surface area contributed by atoms with Crippen molar-refractivity contribution in [1.29, 1.82) is 0 Å². The largest absolute Gasteiger partial charge is 0.493 e. The molecule has 8 heteroatoms. The molecule has 32 heavy (non-hydrogen) atoms. The molecule has 2 N–H and O–H groups in total. The lowest BCUT2D eigenvalue weighted by Crippen LogP contribution is -2.33. The van der Waals surface area contributed by atoms with Gasteiger partial charge in [-0.05, 0) is 50.5 Å². The zero-order valence-electron chi connectivity index (χ0n) is 18.6. The van der Waals surface area contributed by atoms with Crippen LogP contribution in [0.15, 0.2) is 30.3 Å². The number of hydrogen-bond acceptors (Lipinski definition) is 8. The Bertz CT molecular complexity index is 1010. The lowest BCUT2D eigenvalue weighted by Gasteiger charge is -2.25. The molecule has 0 heterocycles. The summed E-state index contributed by atoms with van der Waals surface area (Å²) in [5.41, 5.74) is 1.89. The predicted molar refractivity (Wildman–Crippen MR) is 116 cm³/mol. The fourth-order valence-corrected chi connectivity index (χ4v) is 3.66. The van der Waals surface area contributed by atoms with Crippen LogP contribution < -0.4 is 14.2 Å². The van der Waals surface area contributed by atoms with Gasteiger partial charge in [-0.15, -0.1) is 0 Å². The zero-order valence-corrected chi connectivity index (χ0v) is 18.6. The fourth-order valence-electron chi connectivity index (χ4n) is 3.66. The predicted octanol–water partition coefficient (Wildman–Crippen LogP) is 3.11. The molecule has 8 nitrogen and oxygen atoms in total. The van der Waals surface area contributed by atoms with Crippen LogP contribution in [-0.4, -0.2) is 48.8 Å². The van der Waals surface area contributed by atoms with Crippen molar-refractivity contribution >= 4 is 11.8 Å². The number of benzene rings is 2. The van der Waals surface area contributed by atoms with Gasteiger partial charge in [0.15, 0.2) is 17.3 Å². The van der Waals surface area contributed by atoms with E-state index in [9.17, 15) is 19.8 Å². The summed E-state index contributed by atoms with van der Waals surface area (Å²) in [6.45, 7) is 3.14. The number of rotatable bonds is 9. The van der Waals surface area contributed by atoms with Crippen molar-refractivity contribution in [3.63, 3.8) is 0 Å². The van der Waals surface area contributed by atoms with Crippen LogP contribution in [0.1, 0.15) is 43.1 Å². The molecule has 0 saturated carbocycles. The third-order valence-electron chi connectivity index (χ3n) is 5.29. The molecule has 0 spiro atoms. The molecule has 0 bridgehead atoms. The molecule has 0 radical (unpaired) electrons. The van der Waals surface area contributed by atoms with Crippen LogP contribution in [0.4, 0.5) is 0 Å². The maximum Gasteiger partial charge on any atom is 0.314 e. The van der Waals surface area contributed by atoms with E-state index in [1.165, 1.54) is 7.11 Å². The van der Waals surface area contributed by atoms with Gasteiger partial charge in [0.1, 0.15) is 6.61 Å². The van der Waals surface area contributed by atoms with Crippen LogP contribution in [0.25, 0.3) is 11.1 Å². The second-order valence-electron chi connectivity index (χ2n) is 8.07. The van der Waals surface area contributed by atoms with Gasteiger partial charge in [-0.3, -0.25) is 9.59 Å². The zero-order chi connectivity index (χ0) is 23.5. The number of aliphatic hydroxyl groups is 2. The Kier molecular flexibility index (Phi) is 7.06. The molecule has 2 aromatic rings. The Balaban J connectivity index is 2.12. The minimum Gasteiger partial charge on any atom is -0.493 e. The maximum absolute atomic E-state index is 12.3.